The van der Waals surface area contributed by atoms with Gasteiger partial charge in [0.25, 0.3) is 11.6 Å². The van der Waals surface area contributed by atoms with Crippen LogP contribution in [0.2, 0.25) is 0 Å². The van der Waals surface area contributed by atoms with Gasteiger partial charge in [0.05, 0.1) is 11.0 Å². The number of carbonyl (C=O) groups excluding carboxylic acids is 1. The van der Waals surface area contributed by atoms with Gasteiger partial charge in [-0.1, -0.05) is 6.07 Å². The molecule has 104 valence electrons. The lowest BCUT2D eigenvalue weighted by Gasteiger charge is -2.10. The number of aliphatic hydroxyl groups is 1. The largest absolute Gasteiger partial charge is 0.387 e. The second kappa shape index (κ2) is 6.27. The van der Waals surface area contributed by atoms with Gasteiger partial charge in [-0.2, -0.15) is 11.3 Å². The highest BCUT2D eigenvalue weighted by molar-refractivity contribution is 7.07. The molecule has 0 radical (unpaired) electrons. The molecule has 20 heavy (non-hydrogen) atoms. The summed E-state index contributed by atoms with van der Waals surface area (Å²) in [5, 5.41) is 26.6. The lowest BCUT2D eigenvalue weighted by Crippen LogP contribution is -2.28. The zero-order valence-electron chi connectivity index (χ0n) is 10.4. The fourth-order valence-corrected chi connectivity index (χ4v) is 2.34. The molecule has 2 rings (SSSR count). The van der Waals surface area contributed by atoms with Crippen LogP contribution >= 0.6 is 11.3 Å². The molecule has 0 saturated heterocycles. The van der Waals surface area contributed by atoms with Crippen LogP contribution in [0.4, 0.5) is 5.69 Å². The van der Waals surface area contributed by atoms with Crippen LogP contribution in [-0.4, -0.2) is 22.5 Å². The van der Waals surface area contributed by atoms with Gasteiger partial charge in [-0.05, 0) is 28.5 Å². The third-order valence-corrected chi connectivity index (χ3v) is 3.40. The van der Waals surface area contributed by atoms with Gasteiger partial charge in [-0.3, -0.25) is 14.9 Å². The van der Waals surface area contributed by atoms with Crippen molar-refractivity contribution in [3.05, 3.63) is 62.3 Å². The fourth-order valence-electron chi connectivity index (χ4n) is 1.63. The summed E-state index contributed by atoms with van der Waals surface area (Å²) < 4.78 is 0. The Morgan fingerprint density at radius 3 is 2.90 bits per heavy atom. The Bertz CT molecular complexity index is 613. The standard InChI is InChI=1S/C13H12N2O4S/c16-12(10-4-5-20-8-10)7-14-13(17)9-2-1-3-11(6-9)15(18)19/h1-6,8,12,16H,7H2,(H,14,17). The highest BCUT2D eigenvalue weighted by Crippen LogP contribution is 2.16. The summed E-state index contributed by atoms with van der Waals surface area (Å²) in [5.74, 6) is -0.456. The lowest BCUT2D eigenvalue weighted by atomic mass is 10.1. The number of rotatable bonds is 5. The first kappa shape index (κ1) is 14.2. The van der Waals surface area contributed by atoms with Crippen molar-refractivity contribution in [2.45, 2.75) is 6.10 Å². The number of thiophene rings is 1. The van der Waals surface area contributed by atoms with E-state index in [4.69, 9.17) is 0 Å². The molecule has 0 spiro atoms. The van der Waals surface area contributed by atoms with Gasteiger partial charge in [0.2, 0.25) is 0 Å². The molecule has 1 amide bonds. The van der Waals surface area contributed by atoms with Crippen molar-refractivity contribution in [1.82, 2.24) is 5.32 Å². The fraction of sp³-hybridized carbons (Fsp3) is 0.154. The molecule has 7 heteroatoms. The molecule has 6 nitrogen and oxygen atoms in total. The minimum Gasteiger partial charge on any atom is -0.387 e. The van der Waals surface area contributed by atoms with Crippen LogP contribution < -0.4 is 5.32 Å². The molecule has 1 heterocycles. The molecule has 0 aliphatic rings. The normalized spacial score (nSPS) is 11.8. The molecule has 1 unspecified atom stereocenters. The summed E-state index contributed by atoms with van der Waals surface area (Å²) >= 11 is 1.46. The van der Waals surface area contributed by atoms with Crippen LogP contribution in [0.25, 0.3) is 0 Å². The molecule has 1 aromatic heterocycles. The number of nitrogens with zero attached hydrogens (tertiary/aromatic N) is 1. The van der Waals surface area contributed by atoms with E-state index in [1.165, 1.54) is 35.6 Å². The number of carbonyl (C=O) groups is 1. The van der Waals surface area contributed by atoms with Crippen LogP contribution in [-0.2, 0) is 0 Å². The second-order valence-electron chi connectivity index (χ2n) is 4.09. The van der Waals surface area contributed by atoms with Crippen molar-refractivity contribution in [1.29, 1.82) is 0 Å². The Kier molecular flexibility index (Phi) is 4.44. The van der Waals surface area contributed by atoms with Gasteiger partial charge in [0.1, 0.15) is 0 Å². The molecule has 1 atom stereocenters. The maximum Gasteiger partial charge on any atom is 0.270 e. The number of nitro groups is 1. The van der Waals surface area contributed by atoms with E-state index >= 15 is 0 Å². The highest BCUT2D eigenvalue weighted by Gasteiger charge is 2.13. The van der Waals surface area contributed by atoms with Crippen LogP contribution in [0.15, 0.2) is 41.1 Å². The SMILES string of the molecule is O=C(NCC(O)c1ccsc1)c1cccc([N+](=O)[O-])c1. The molecular formula is C13H12N2O4S. The van der Waals surface area contributed by atoms with Crippen LogP contribution in [0.1, 0.15) is 22.0 Å². The summed E-state index contributed by atoms with van der Waals surface area (Å²) in [6.07, 6.45) is -0.788. The van der Waals surface area contributed by atoms with Gasteiger partial charge in [0.15, 0.2) is 0 Å². The van der Waals surface area contributed by atoms with Gasteiger partial charge in [-0.25, -0.2) is 0 Å². The van der Waals surface area contributed by atoms with Crippen molar-refractivity contribution >= 4 is 22.9 Å². The maximum atomic E-state index is 11.9. The number of amides is 1. The topological polar surface area (TPSA) is 92.5 Å². The predicted molar refractivity (Wildman–Crippen MR) is 74.7 cm³/mol. The van der Waals surface area contributed by atoms with E-state index in [2.05, 4.69) is 5.32 Å². The van der Waals surface area contributed by atoms with Gasteiger partial charge >= 0.3 is 0 Å². The number of hydrogen-bond acceptors (Lipinski definition) is 5. The van der Waals surface area contributed by atoms with Gasteiger partial charge < -0.3 is 10.4 Å². The Hall–Kier alpha value is -2.25. The van der Waals surface area contributed by atoms with E-state index in [0.717, 1.165) is 5.56 Å². The molecule has 0 aliphatic heterocycles. The summed E-state index contributed by atoms with van der Waals surface area (Å²) in [6.45, 7) is 0.0538. The second-order valence-corrected chi connectivity index (χ2v) is 4.87. The maximum absolute atomic E-state index is 11.9. The smallest absolute Gasteiger partial charge is 0.270 e. The van der Waals surface area contributed by atoms with E-state index < -0.39 is 16.9 Å². The minimum absolute atomic E-state index is 0.0538. The molecule has 0 bridgehead atoms. The third kappa shape index (κ3) is 3.40. The highest BCUT2D eigenvalue weighted by atomic mass is 32.1. The molecule has 1 aromatic carbocycles. The summed E-state index contributed by atoms with van der Waals surface area (Å²) in [7, 11) is 0. The van der Waals surface area contributed by atoms with E-state index in [9.17, 15) is 20.0 Å². The van der Waals surface area contributed by atoms with E-state index in [1.807, 2.05) is 5.38 Å². The number of non-ortho nitro benzene ring substituents is 1. The summed E-state index contributed by atoms with van der Waals surface area (Å²) in [4.78, 5) is 21.9. The van der Waals surface area contributed by atoms with Crippen LogP contribution in [0.3, 0.4) is 0 Å². The van der Waals surface area contributed by atoms with E-state index in [-0.39, 0.29) is 17.8 Å². The van der Waals surface area contributed by atoms with E-state index in [1.54, 1.807) is 11.4 Å². The number of benzene rings is 1. The number of aliphatic hydroxyl groups excluding tert-OH is 1. The summed E-state index contributed by atoms with van der Waals surface area (Å²) in [6, 6.07) is 7.22. The van der Waals surface area contributed by atoms with Crippen molar-refractivity contribution in [3.8, 4) is 0 Å². The number of nitro benzene ring substituents is 1. The molecule has 2 aromatic rings. The minimum atomic E-state index is -0.788. The zero-order valence-corrected chi connectivity index (χ0v) is 11.2. The van der Waals surface area contributed by atoms with E-state index in [0.29, 0.717) is 0 Å². The average Bonchev–Trinajstić information content (AvgIpc) is 2.98. The Labute approximate surface area is 118 Å². The van der Waals surface area contributed by atoms with Crippen LogP contribution in [0, 0.1) is 10.1 Å². The predicted octanol–water partition coefficient (Wildman–Crippen LogP) is 2.12. The number of nitrogens with one attached hydrogen (secondary N) is 1. The first-order valence-corrected chi connectivity index (χ1v) is 6.75. The molecule has 2 N–H and O–H groups in total. The molecule has 0 fully saturated rings. The van der Waals surface area contributed by atoms with Crippen molar-refractivity contribution in [2.24, 2.45) is 0 Å². The number of hydrogen-bond donors (Lipinski definition) is 2. The monoisotopic (exact) mass is 292 g/mol. The van der Waals surface area contributed by atoms with Gasteiger partial charge in [-0.15, -0.1) is 0 Å². The molecule has 0 saturated carbocycles. The third-order valence-electron chi connectivity index (χ3n) is 2.70. The quantitative estimate of drug-likeness (QED) is 0.652. The van der Waals surface area contributed by atoms with Crippen molar-refractivity contribution in [3.63, 3.8) is 0 Å². The molecule has 0 aliphatic carbocycles. The average molecular weight is 292 g/mol. The lowest BCUT2D eigenvalue weighted by molar-refractivity contribution is -0.384. The molecular weight excluding hydrogens is 280 g/mol. The Morgan fingerprint density at radius 1 is 1.45 bits per heavy atom. The Morgan fingerprint density at radius 2 is 2.25 bits per heavy atom. The Balaban J connectivity index is 1.98. The first-order valence-electron chi connectivity index (χ1n) is 5.81. The van der Waals surface area contributed by atoms with Crippen molar-refractivity contribution in [2.75, 3.05) is 6.54 Å². The first-order chi connectivity index (χ1) is 9.58. The van der Waals surface area contributed by atoms with Crippen LogP contribution in [0.5, 0.6) is 0 Å². The zero-order chi connectivity index (χ0) is 14.5. The summed E-state index contributed by atoms with van der Waals surface area (Å²) in [5.41, 5.74) is 0.780. The van der Waals surface area contributed by atoms with Crippen molar-refractivity contribution < 1.29 is 14.8 Å². The van der Waals surface area contributed by atoms with Gasteiger partial charge in [0, 0.05) is 24.2 Å².